The lowest BCUT2D eigenvalue weighted by Crippen LogP contribution is -1.96. The highest BCUT2D eigenvalue weighted by molar-refractivity contribution is 6.31. The van der Waals surface area contributed by atoms with Crippen LogP contribution in [-0.4, -0.2) is 12.0 Å². The van der Waals surface area contributed by atoms with Gasteiger partial charge in [-0.25, -0.2) is 0 Å². The first-order valence-electron chi connectivity index (χ1n) is 3.98. The van der Waals surface area contributed by atoms with Crippen molar-refractivity contribution in [3.05, 3.63) is 32.8 Å². The first-order chi connectivity index (χ1) is 7.10. The Morgan fingerprint density at radius 2 is 2.33 bits per heavy atom. The monoisotopic (exact) mass is 226 g/mol. The van der Waals surface area contributed by atoms with Gasteiger partial charge in [0.2, 0.25) is 0 Å². The van der Waals surface area contributed by atoms with Gasteiger partial charge in [0.05, 0.1) is 29.5 Å². The summed E-state index contributed by atoms with van der Waals surface area (Å²) >= 11 is 5.77. The van der Waals surface area contributed by atoms with Gasteiger partial charge in [-0.05, 0) is 11.6 Å². The molecular formula is C9H7ClN2O3. The summed E-state index contributed by atoms with van der Waals surface area (Å²) in [6.07, 6.45) is 0.0905. The second kappa shape index (κ2) is 4.62. The van der Waals surface area contributed by atoms with Crippen molar-refractivity contribution in [2.45, 2.75) is 6.42 Å². The van der Waals surface area contributed by atoms with E-state index < -0.39 is 4.92 Å². The molecule has 0 spiro atoms. The van der Waals surface area contributed by atoms with E-state index in [1.54, 1.807) is 0 Å². The van der Waals surface area contributed by atoms with E-state index in [1.165, 1.54) is 19.2 Å². The van der Waals surface area contributed by atoms with Gasteiger partial charge in [-0.15, -0.1) is 0 Å². The van der Waals surface area contributed by atoms with Crippen LogP contribution < -0.4 is 4.74 Å². The molecule has 6 heteroatoms. The van der Waals surface area contributed by atoms with Crippen LogP contribution in [0.1, 0.15) is 5.56 Å². The maximum absolute atomic E-state index is 10.6. The van der Waals surface area contributed by atoms with Crippen LogP contribution in [0.15, 0.2) is 12.1 Å². The molecule has 1 rings (SSSR count). The van der Waals surface area contributed by atoms with Gasteiger partial charge >= 0.3 is 5.69 Å². The normalized spacial score (nSPS) is 9.40. The van der Waals surface area contributed by atoms with E-state index in [4.69, 9.17) is 21.6 Å². The second-order valence-electron chi connectivity index (χ2n) is 2.71. The van der Waals surface area contributed by atoms with Gasteiger partial charge in [-0.2, -0.15) is 5.26 Å². The van der Waals surface area contributed by atoms with Gasteiger partial charge in [0.1, 0.15) is 0 Å². The number of nitro groups is 1. The van der Waals surface area contributed by atoms with Crippen molar-refractivity contribution >= 4 is 17.3 Å². The maximum Gasteiger partial charge on any atom is 0.312 e. The van der Waals surface area contributed by atoms with Crippen LogP contribution >= 0.6 is 11.6 Å². The summed E-state index contributed by atoms with van der Waals surface area (Å²) in [7, 11) is 1.33. The van der Waals surface area contributed by atoms with E-state index in [2.05, 4.69) is 0 Å². The molecule has 0 aromatic heterocycles. The Balaban J connectivity index is 3.30. The molecule has 0 N–H and O–H groups in total. The lowest BCUT2D eigenvalue weighted by Gasteiger charge is -2.04. The molecule has 1 aromatic rings. The van der Waals surface area contributed by atoms with Crippen LogP contribution in [0.25, 0.3) is 0 Å². The van der Waals surface area contributed by atoms with Crippen LogP contribution in [0.2, 0.25) is 5.02 Å². The molecule has 0 saturated carbocycles. The molecule has 0 unspecified atom stereocenters. The molecule has 0 saturated heterocycles. The molecule has 0 aliphatic rings. The number of rotatable bonds is 3. The van der Waals surface area contributed by atoms with E-state index in [0.717, 1.165) is 0 Å². The van der Waals surface area contributed by atoms with Gasteiger partial charge in [-0.3, -0.25) is 10.1 Å². The van der Waals surface area contributed by atoms with Crippen molar-refractivity contribution in [3.8, 4) is 11.8 Å². The molecule has 0 amide bonds. The van der Waals surface area contributed by atoms with Crippen LogP contribution in [0, 0.1) is 21.4 Å². The molecule has 0 aliphatic carbocycles. The quantitative estimate of drug-likeness (QED) is 0.585. The van der Waals surface area contributed by atoms with E-state index in [9.17, 15) is 10.1 Å². The van der Waals surface area contributed by atoms with Gasteiger partial charge in [-0.1, -0.05) is 11.6 Å². The summed E-state index contributed by atoms with van der Waals surface area (Å²) in [5, 5.41) is 19.3. The summed E-state index contributed by atoms with van der Waals surface area (Å²) in [4.78, 5) is 10.0. The van der Waals surface area contributed by atoms with Crippen molar-refractivity contribution in [1.82, 2.24) is 0 Å². The molecule has 15 heavy (non-hydrogen) atoms. The number of benzene rings is 1. The first-order valence-corrected chi connectivity index (χ1v) is 4.35. The van der Waals surface area contributed by atoms with Crippen LogP contribution in [0.5, 0.6) is 5.75 Å². The Morgan fingerprint density at radius 1 is 1.67 bits per heavy atom. The number of nitro benzene ring substituents is 1. The average molecular weight is 227 g/mol. The predicted molar refractivity (Wildman–Crippen MR) is 54.0 cm³/mol. The van der Waals surface area contributed by atoms with Crippen molar-refractivity contribution < 1.29 is 9.66 Å². The molecule has 1 aromatic carbocycles. The molecule has 5 nitrogen and oxygen atoms in total. The highest BCUT2D eigenvalue weighted by Crippen LogP contribution is 2.32. The zero-order chi connectivity index (χ0) is 11.4. The fourth-order valence-electron chi connectivity index (χ4n) is 1.11. The van der Waals surface area contributed by atoms with Crippen molar-refractivity contribution in [2.75, 3.05) is 7.11 Å². The Hall–Kier alpha value is -1.80. The number of nitriles is 1. The second-order valence-corrected chi connectivity index (χ2v) is 3.11. The zero-order valence-electron chi connectivity index (χ0n) is 7.86. The van der Waals surface area contributed by atoms with Crippen molar-refractivity contribution in [3.63, 3.8) is 0 Å². The Bertz CT molecular complexity index is 440. The fraction of sp³-hybridized carbons (Fsp3) is 0.222. The topological polar surface area (TPSA) is 76.2 Å². The molecule has 0 fully saturated rings. The van der Waals surface area contributed by atoms with Gasteiger partial charge in [0.25, 0.3) is 0 Å². The smallest absolute Gasteiger partial charge is 0.312 e. The minimum absolute atomic E-state index is 0.0905. The number of ether oxygens (including phenoxy) is 1. The lowest BCUT2D eigenvalue weighted by atomic mass is 10.1. The molecule has 0 atom stereocenters. The molecule has 0 bridgehead atoms. The molecule has 0 aliphatic heterocycles. The van der Waals surface area contributed by atoms with E-state index in [1.807, 2.05) is 6.07 Å². The summed E-state index contributed by atoms with van der Waals surface area (Å²) in [5.41, 5.74) is 0.311. The minimum Gasteiger partial charge on any atom is -0.490 e. The summed E-state index contributed by atoms with van der Waals surface area (Å²) < 4.78 is 4.84. The summed E-state index contributed by atoms with van der Waals surface area (Å²) in [6, 6.07) is 4.51. The van der Waals surface area contributed by atoms with Crippen molar-refractivity contribution in [2.24, 2.45) is 0 Å². The highest BCUT2D eigenvalue weighted by Gasteiger charge is 2.17. The average Bonchev–Trinajstić information content (AvgIpc) is 2.20. The number of nitrogens with zero attached hydrogens (tertiary/aromatic N) is 2. The number of halogens is 1. The Kier molecular flexibility index (Phi) is 3.47. The molecule has 78 valence electrons. The van der Waals surface area contributed by atoms with Gasteiger partial charge in [0.15, 0.2) is 5.75 Å². The molecule has 0 radical (unpaired) electrons. The maximum atomic E-state index is 10.6. The highest BCUT2D eigenvalue weighted by atomic mass is 35.5. The zero-order valence-corrected chi connectivity index (χ0v) is 8.61. The number of hydrogen-bond donors (Lipinski definition) is 0. The minimum atomic E-state index is -0.582. The number of hydrogen-bond acceptors (Lipinski definition) is 4. The third kappa shape index (κ3) is 2.36. The third-order valence-electron chi connectivity index (χ3n) is 1.81. The summed E-state index contributed by atoms with van der Waals surface area (Å²) in [5.74, 6) is 0.106. The largest absolute Gasteiger partial charge is 0.490 e. The summed E-state index contributed by atoms with van der Waals surface area (Å²) in [6.45, 7) is 0. The van der Waals surface area contributed by atoms with Gasteiger partial charge in [0, 0.05) is 6.07 Å². The molecule has 0 heterocycles. The molecular weight excluding hydrogens is 220 g/mol. The van der Waals surface area contributed by atoms with Crippen molar-refractivity contribution in [1.29, 1.82) is 5.26 Å². The Morgan fingerprint density at radius 3 is 2.80 bits per heavy atom. The Labute approximate surface area is 91.0 Å². The SMILES string of the molecule is COc1cc(CC#N)c(Cl)cc1[N+](=O)[O-]. The number of methoxy groups -OCH3 is 1. The standard InChI is InChI=1S/C9H7ClN2O3/c1-15-9-4-6(2-3-11)7(10)5-8(9)12(13)14/h4-5H,2H2,1H3. The van der Waals surface area contributed by atoms with Crippen LogP contribution in [-0.2, 0) is 6.42 Å². The van der Waals surface area contributed by atoms with Crippen LogP contribution in [0.4, 0.5) is 5.69 Å². The third-order valence-corrected chi connectivity index (χ3v) is 2.17. The van der Waals surface area contributed by atoms with E-state index in [0.29, 0.717) is 5.56 Å². The van der Waals surface area contributed by atoms with E-state index >= 15 is 0 Å². The van der Waals surface area contributed by atoms with E-state index in [-0.39, 0.29) is 22.9 Å². The van der Waals surface area contributed by atoms with Gasteiger partial charge < -0.3 is 4.74 Å². The lowest BCUT2D eigenvalue weighted by molar-refractivity contribution is -0.385. The fourth-order valence-corrected chi connectivity index (χ4v) is 1.34. The van der Waals surface area contributed by atoms with Crippen LogP contribution in [0.3, 0.4) is 0 Å². The predicted octanol–water partition coefficient (Wildman–Crippen LogP) is 2.32. The first kappa shape index (κ1) is 11.3.